The molecule has 0 saturated heterocycles. The van der Waals surface area contributed by atoms with Gasteiger partial charge in [0.1, 0.15) is 6.04 Å². The van der Waals surface area contributed by atoms with Crippen molar-refractivity contribution in [2.24, 2.45) is 5.73 Å². The molecule has 0 radical (unpaired) electrons. The van der Waals surface area contributed by atoms with E-state index in [0.717, 1.165) is 13.7 Å². The fraction of sp³-hybridized carbons (Fsp3) is 0.0909. The minimum atomic E-state index is -1.09. The van der Waals surface area contributed by atoms with Gasteiger partial charge in [0, 0.05) is 19.1 Å². The number of aliphatic carboxylic acids is 1. The summed E-state index contributed by atoms with van der Waals surface area (Å²) in [6, 6.07) is 4.73. The van der Waals surface area contributed by atoms with Gasteiger partial charge in [-0.05, 0) is 56.7 Å². The Morgan fingerprint density at radius 1 is 1.58 bits per heavy atom. The Hall–Kier alpha value is -0.710. The van der Waals surface area contributed by atoms with E-state index in [1.807, 2.05) is 18.2 Å². The number of halogens is 2. The first kappa shape index (κ1) is 14.7. The molecule has 0 aliphatic heterocycles. The van der Waals surface area contributed by atoms with E-state index in [0.29, 0.717) is 10.8 Å². The lowest BCUT2D eigenvalue weighted by Gasteiger charge is -2.04. The van der Waals surface area contributed by atoms with Crippen molar-refractivity contribution in [1.82, 2.24) is 4.98 Å². The largest absolute Gasteiger partial charge is 0.480 e. The Kier molecular flexibility index (Phi) is 4.76. The quantitative estimate of drug-likeness (QED) is 0.618. The Balaban J connectivity index is 2.15. The number of benzene rings is 1. The molecule has 2 rings (SSSR count). The lowest BCUT2D eigenvalue weighted by atomic mass is 10.2. The Morgan fingerprint density at radius 3 is 2.95 bits per heavy atom. The van der Waals surface area contributed by atoms with Gasteiger partial charge in [0.15, 0.2) is 5.13 Å². The second-order valence-corrected chi connectivity index (χ2v) is 6.52. The molecular weight excluding hydrogens is 445 g/mol. The molecule has 0 aliphatic carbocycles. The molecule has 0 saturated carbocycles. The van der Waals surface area contributed by atoms with Crippen LogP contribution in [0, 0.1) is 3.57 Å². The van der Waals surface area contributed by atoms with Gasteiger partial charge in [-0.25, -0.2) is 4.98 Å². The van der Waals surface area contributed by atoms with Gasteiger partial charge in [-0.15, -0.1) is 11.3 Å². The lowest BCUT2D eigenvalue weighted by molar-refractivity contribution is -0.138. The number of hydrogen-bond acceptors (Lipinski definition) is 5. The minimum absolute atomic E-state index is 0.351. The van der Waals surface area contributed by atoms with Crippen molar-refractivity contribution in [1.29, 1.82) is 0 Å². The molecule has 100 valence electrons. The number of nitrogens with two attached hydrogens (primary N) is 1. The number of anilines is 2. The summed E-state index contributed by atoms with van der Waals surface area (Å²) in [5.41, 5.74) is 6.72. The van der Waals surface area contributed by atoms with Gasteiger partial charge in [0.25, 0.3) is 0 Å². The van der Waals surface area contributed by atoms with Gasteiger partial charge in [-0.2, -0.15) is 0 Å². The summed E-state index contributed by atoms with van der Waals surface area (Å²) in [7, 11) is 0. The Bertz CT molecular complexity index is 620. The van der Waals surface area contributed by atoms with E-state index < -0.39 is 12.0 Å². The molecule has 0 amide bonds. The van der Waals surface area contributed by atoms with Crippen LogP contribution in [0.5, 0.6) is 0 Å². The maximum absolute atomic E-state index is 10.8. The summed E-state index contributed by atoms with van der Waals surface area (Å²) in [6.07, 6.45) is 0. The summed E-state index contributed by atoms with van der Waals surface area (Å²) in [5.74, 6) is -1.09. The molecule has 4 N–H and O–H groups in total. The molecule has 0 aliphatic rings. The molecule has 1 aromatic heterocycles. The number of rotatable bonds is 4. The standard InChI is InChI=1S/C11H9BrIN3O2S/c12-6-3-5(1-2-7(6)13)15-11-16-8(4-19-11)9(14)10(17)18/h1-4,9H,14H2,(H,15,16)(H,17,18). The summed E-state index contributed by atoms with van der Waals surface area (Å²) in [5, 5.41) is 14.2. The van der Waals surface area contributed by atoms with Gasteiger partial charge < -0.3 is 16.2 Å². The molecule has 0 bridgehead atoms. The van der Waals surface area contributed by atoms with E-state index in [1.54, 1.807) is 5.38 Å². The predicted octanol–water partition coefficient (Wildman–Crippen LogP) is 3.34. The summed E-state index contributed by atoms with van der Waals surface area (Å²) in [6.45, 7) is 0. The van der Waals surface area contributed by atoms with Crippen LogP contribution in [0.25, 0.3) is 0 Å². The lowest BCUT2D eigenvalue weighted by Crippen LogP contribution is -2.20. The number of nitrogens with one attached hydrogen (secondary N) is 1. The van der Waals surface area contributed by atoms with E-state index in [9.17, 15) is 4.79 Å². The number of aromatic nitrogens is 1. The van der Waals surface area contributed by atoms with Gasteiger partial charge in [-0.1, -0.05) is 0 Å². The van der Waals surface area contributed by atoms with Crippen LogP contribution in [0.3, 0.4) is 0 Å². The fourth-order valence-electron chi connectivity index (χ4n) is 1.31. The Morgan fingerprint density at radius 2 is 2.32 bits per heavy atom. The van der Waals surface area contributed by atoms with Crippen molar-refractivity contribution >= 4 is 66.6 Å². The average molecular weight is 454 g/mol. The highest BCUT2D eigenvalue weighted by molar-refractivity contribution is 14.1. The van der Waals surface area contributed by atoms with Gasteiger partial charge >= 0.3 is 5.97 Å². The van der Waals surface area contributed by atoms with Crippen LogP contribution in [0.15, 0.2) is 28.1 Å². The highest BCUT2D eigenvalue weighted by atomic mass is 127. The van der Waals surface area contributed by atoms with E-state index in [2.05, 4.69) is 48.8 Å². The first-order valence-corrected chi connectivity index (χ1v) is 7.88. The molecule has 2 aromatic rings. The van der Waals surface area contributed by atoms with Crippen molar-refractivity contribution in [3.8, 4) is 0 Å². The average Bonchev–Trinajstić information content (AvgIpc) is 2.81. The smallest absolute Gasteiger partial charge is 0.326 e. The number of nitrogens with zero attached hydrogens (tertiary/aromatic N) is 1. The predicted molar refractivity (Wildman–Crippen MR) is 86.8 cm³/mol. The highest BCUT2D eigenvalue weighted by Crippen LogP contribution is 2.27. The third-order valence-electron chi connectivity index (χ3n) is 2.28. The van der Waals surface area contributed by atoms with E-state index in [4.69, 9.17) is 10.8 Å². The van der Waals surface area contributed by atoms with Crippen molar-refractivity contribution in [3.05, 3.63) is 37.3 Å². The van der Waals surface area contributed by atoms with Crippen LogP contribution < -0.4 is 11.1 Å². The molecule has 0 fully saturated rings. The third-order valence-corrected chi connectivity index (χ3v) is 5.39. The van der Waals surface area contributed by atoms with Crippen LogP contribution in [0.4, 0.5) is 10.8 Å². The number of hydrogen-bond donors (Lipinski definition) is 3. The maximum Gasteiger partial charge on any atom is 0.326 e. The molecule has 1 atom stereocenters. The van der Waals surface area contributed by atoms with Crippen molar-refractivity contribution in [3.63, 3.8) is 0 Å². The molecule has 1 heterocycles. The normalized spacial score (nSPS) is 12.2. The molecular formula is C11H9BrIN3O2S. The second kappa shape index (κ2) is 6.16. The molecule has 8 heteroatoms. The summed E-state index contributed by atoms with van der Waals surface area (Å²) in [4.78, 5) is 14.9. The molecule has 0 spiro atoms. The SMILES string of the molecule is NC(C(=O)O)c1csc(Nc2ccc(I)c(Br)c2)n1. The van der Waals surface area contributed by atoms with Gasteiger partial charge in [0.2, 0.25) is 0 Å². The third kappa shape index (κ3) is 3.65. The first-order valence-electron chi connectivity index (χ1n) is 5.13. The molecule has 1 aromatic carbocycles. The van der Waals surface area contributed by atoms with E-state index in [1.165, 1.54) is 11.3 Å². The summed E-state index contributed by atoms with van der Waals surface area (Å²) < 4.78 is 2.09. The van der Waals surface area contributed by atoms with Crippen LogP contribution in [0.1, 0.15) is 11.7 Å². The molecule has 1 unspecified atom stereocenters. The highest BCUT2D eigenvalue weighted by Gasteiger charge is 2.17. The zero-order valence-electron chi connectivity index (χ0n) is 9.43. The van der Waals surface area contributed by atoms with Crippen molar-refractivity contribution in [2.45, 2.75) is 6.04 Å². The number of carboxylic acid groups (broad SMARTS) is 1. The number of carboxylic acids is 1. The molecule has 19 heavy (non-hydrogen) atoms. The van der Waals surface area contributed by atoms with Crippen LogP contribution in [0.2, 0.25) is 0 Å². The first-order chi connectivity index (χ1) is 8.97. The number of thiazole rings is 1. The summed E-state index contributed by atoms with van der Waals surface area (Å²) >= 11 is 6.98. The van der Waals surface area contributed by atoms with Crippen LogP contribution in [-0.4, -0.2) is 16.1 Å². The molecule has 5 nitrogen and oxygen atoms in total. The topological polar surface area (TPSA) is 88.2 Å². The van der Waals surface area contributed by atoms with E-state index in [-0.39, 0.29) is 0 Å². The zero-order valence-corrected chi connectivity index (χ0v) is 14.0. The van der Waals surface area contributed by atoms with Crippen molar-refractivity contribution < 1.29 is 9.90 Å². The number of carbonyl (C=O) groups is 1. The Labute approximate surface area is 135 Å². The second-order valence-electron chi connectivity index (χ2n) is 3.65. The monoisotopic (exact) mass is 453 g/mol. The minimum Gasteiger partial charge on any atom is -0.480 e. The van der Waals surface area contributed by atoms with E-state index >= 15 is 0 Å². The van der Waals surface area contributed by atoms with Gasteiger partial charge in [-0.3, -0.25) is 4.79 Å². The van der Waals surface area contributed by atoms with Crippen molar-refractivity contribution in [2.75, 3.05) is 5.32 Å². The van der Waals surface area contributed by atoms with Crippen LogP contribution >= 0.6 is 49.9 Å². The van der Waals surface area contributed by atoms with Crippen LogP contribution in [-0.2, 0) is 4.79 Å². The van der Waals surface area contributed by atoms with Gasteiger partial charge in [0.05, 0.1) is 5.69 Å². The maximum atomic E-state index is 10.8. The fourth-order valence-corrected chi connectivity index (χ4v) is 2.79. The zero-order chi connectivity index (χ0) is 14.0.